The number of pyridine rings is 1. The van der Waals surface area contributed by atoms with E-state index in [1.54, 1.807) is 18.2 Å². The van der Waals surface area contributed by atoms with E-state index in [2.05, 4.69) is 9.97 Å². The predicted octanol–water partition coefficient (Wildman–Crippen LogP) is 3.91. The summed E-state index contributed by atoms with van der Waals surface area (Å²) in [5.74, 6) is 1.00. The number of rotatable bonds is 7. The average Bonchev–Trinajstić information content (AvgIpc) is 3.01. The third-order valence-electron chi connectivity index (χ3n) is 3.77. The van der Waals surface area contributed by atoms with E-state index in [1.807, 2.05) is 25.3 Å². The zero-order valence-electron chi connectivity index (χ0n) is 14.4. The van der Waals surface area contributed by atoms with Gasteiger partial charge < -0.3 is 14.9 Å². The number of fused-ring (bicyclic) bond motifs is 1. The molecule has 0 fully saturated rings. The van der Waals surface area contributed by atoms with Gasteiger partial charge in [0.15, 0.2) is 5.58 Å². The second-order valence-electron chi connectivity index (χ2n) is 6.31. The third-order valence-corrected chi connectivity index (χ3v) is 3.77. The maximum absolute atomic E-state index is 12.9. The van der Waals surface area contributed by atoms with Gasteiger partial charge in [-0.15, -0.1) is 0 Å². The largest absolute Gasteiger partial charge is 0.490 e. The van der Waals surface area contributed by atoms with Gasteiger partial charge in [-0.1, -0.05) is 6.07 Å². The molecule has 0 aliphatic heterocycles. The molecule has 5 nitrogen and oxygen atoms in total. The molecule has 2 atom stereocenters. The second-order valence-corrected chi connectivity index (χ2v) is 6.31. The summed E-state index contributed by atoms with van der Waals surface area (Å²) in [4.78, 5) is 8.87. The fraction of sp³-hybridized carbons (Fsp3) is 0.368. The highest BCUT2D eigenvalue weighted by Gasteiger charge is 2.11. The van der Waals surface area contributed by atoms with E-state index >= 15 is 0 Å². The number of ether oxygens (including phenoxy) is 1. The first-order valence-corrected chi connectivity index (χ1v) is 8.39. The average molecular weight is 343 g/mol. The van der Waals surface area contributed by atoms with Gasteiger partial charge in [0.05, 0.1) is 0 Å². The predicted molar refractivity (Wildman–Crippen MR) is 95.3 cm³/mol. The lowest BCUT2D eigenvalue weighted by Gasteiger charge is -2.05. The Hall–Kier alpha value is -2.47. The molecule has 0 radical (unpaired) electrons. The van der Waals surface area contributed by atoms with Crippen LogP contribution in [-0.2, 0) is 6.42 Å². The Bertz CT molecular complexity index is 828. The van der Waals surface area contributed by atoms with Crippen molar-refractivity contribution < 1.29 is 13.5 Å². The molecular weight excluding hydrogens is 321 g/mol. The van der Waals surface area contributed by atoms with E-state index in [-0.39, 0.29) is 12.6 Å². The van der Waals surface area contributed by atoms with Crippen molar-refractivity contribution in [3.05, 3.63) is 42.1 Å². The monoisotopic (exact) mass is 343 g/mol. The molecule has 2 N–H and O–H groups in total. The van der Waals surface area contributed by atoms with Crippen LogP contribution in [0.15, 0.2) is 40.9 Å². The van der Waals surface area contributed by atoms with Gasteiger partial charge in [-0.3, -0.25) is 4.98 Å². The SMILES string of the molecule is CC(F)COc1ccc2nc(-c3ccc(CC[C@H](C)N)cn3)oc2c1. The van der Waals surface area contributed by atoms with Gasteiger partial charge in [0.2, 0.25) is 5.89 Å². The lowest BCUT2D eigenvalue weighted by Crippen LogP contribution is -2.15. The van der Waals surface area contributed by atoms with Crippen molar-refractivity contribution in [1.82, 2.24) is 9.97 Å². The van der Waals surface area contributed by atoms with Crippen LogP contribution in [0.3, 0.4) is 0 Å². The number of hydrogen-bond acceptors (Lipinski definition) is 5. The van der Waals surface area contributed by atoms with E-state index in [4.69, 9.17) is 14.9 Å². The van der Waals surface area contributed by atoms with E-state index < -0.39 is 6.17 Å². The zero-order valence-corrected chi connectivity index (χ0v) is 14.4. The van der Waals surface area contributed by atoms with Crippen molar-refractivity contribution in [2.45, 2.75) is 38.9 Å². The third kappa shape index (κ3) is 4.54. The van der Waals surface area contributed by atoms with E-state index in [9.17, 15) is 4.39 Å². The first-order valence-electron chi connectivity index (χ1n) is 8.39. The van der Waals surface area contributed by atoms with E-state index in [0.717, 1.165) is 18.4 Å². The molecular formula is C19H22FN3O2. The van der Waals surface area contributed by atoms with Crippen molar-refractivity contribution in [3.8, 4) is 17.3 Å². The molecule has 0 spiro atoms. The smallest absolute Gasteiger partial charge is 0.246 e. The van der Waals surface area contributed by atoms with Crippen LogP contribution in [0, 0.1) is 0 Å². The Morgan fingerprint density at radius 3 is 2.76 bits per heavy atom. The number of alkyl halides is 1. The highest BCUT2D eigenvalue weighted by molar-refractivity contribution is 5.77. The summed E-state index contributed by atoms with van der Waals surface area (Å²) in [7, 11) is 0. The number of halogens is 1. The minimum atomic E-state index is -1.02. The molecule has 2 aromatic heterocycles. The first-order chi connectivity index (χ1) is 12.0. The summed E-state index contributed by atoms with van der Waals surface area (Å²) in [5, 5.41) is 0. The first kappa shape index (κ1) is 17.4. The van der Waals surface area contributed by atoms with Gasteiger partial charge in [-0.25, -0.2) is 9.37 Å². The Kier molecular flexibility index (Phi) is 5.28. The molecule has 0 saturated heterocycles. The fourth-order valence-corrected chi connectivity index (χ4v) is 2.41. The summed E-state index contributed by atoms with van der Waals surface area (Å²) >= 11 is 0. The van der Waals surface area contributed by atoms with Crippen LogP contribution in [-0.4, -0.2) is 28.8 Å². The fourth-order valence-electron chi connectivity index (χ4n) is 2.41. The van der Waals surface area contributed by atoms with Crippen LogP contribution in [0.5, 0.6) is 5.75 Å². The van der Waals surface area contributed by atoms with Gasteiger partial charge in [0, 0.05) is 18.3 Å². The molecule has 0 aliphatic rings. The van der Waals surface area contributed by atoms with Crippen LogP contribution < -0.4 is 10.5 Å². The molecule has 0 bridgehead atoms. The summed E-state index contributed by atoms with van der Waals surface area (Å²) in [6, 6.07) is 9.33. The molecule has 0 aliphatic carbocycles. The van der Waals surface area contributed by atoms with Gasteiger partial charge >= 0.3 is 0 Å². The summed E-state index contributed by atoms with van der Waals surface area (Å²) < 4.78 is 24.0. The van der Waals surface area contributed by atoms with Crippen molar-refractivity contribution in [2.24, 2.45) is 5.73 Å². The molecule has 0 amide bonds. The molecule has 1 unspecified atom stereocenters. The second kappa shape index (κ2) is 7.61. The lowest BCUT2D eigenvalue weighted by molar-refractivity contribution is 0.210. The number of aryl methyl sites for hydroxylation is 1. The van der Waals surface area contributed by atoms with Crippen molar-refractivity contribution >= 4 is 11.1 Å². The molecule has 6 heteroatoms. The van der Waals surface area contributed by atoms with Crippen LogP contribution >= 0.6 is 0 Å². The Balaban J connectivity index is 1.76. The highest BCUT2D eigenvalue weighted by atomic mass is 19.1. The maximum atomic E-state index is 12.9. The van der Waals surface area contributed by atoms with E-state index in [0.29, 0.717) is 28.4 Å². The summed E-state index contributed by atoms with van der Waals surface area (Å²) in [6.07, 6.45) is 2.62. The molecule has 2 heterocycles. The molecule has 0 saturated carbocycles. The topological polar surface area (TPSA) is 74.2 Å². The normalized spacial score (nSPS) is 13.8. The van der Waals surface area contributed by atoms with Gasteiger partial charge in [-0.2, -0.15) is 0 Å². The van der Waals surface area contributed by atoms with Gasteiger partial charge in [-0.05, 0) is 50.5 Å². The number of benzene rings is 1. The Morgan fingerprint density at radius 2 is 2.08 bits per heavy atom. The molecule has 25 heavy (non-hydrogen) atoms. The van der Waals surface area contributed by atoms with E-state index in [1.165, 1.54) is 6.92 Å². The quantitative estimate of drug-likeness (QED) is 0.704. The Morgan fingerprint density at radius 1 is 1.24 bits per heavy atom. The van der Waals surface area contributed by atoms with Crippen molar-refractivity contribution in [1.29, 1.82) is 0 Å². The van der Waals surface area contributed by atoms with Crippen LogP contribution in [0.1, 0.15) is 25.8 Å². The number of nitrogens with zero attached hydrogens (tertiary/aromatic N) is 2. The standard InChI is InChI=1S/C19H22FN3O2/c1-12(20)11-24-15-6-8-16-18(9-15)25-19(23-16)17-7-5-14(10-22-17)4-3-13(2)21/h5-10,12-13H,3-4,11,21H2,1-2H3/t12?,13-/m0/s1. The number of oxazole rings is 1. The number of hydrogen-bond donors (Lipinski definition) is 1. The van der Waals surface area contributed by atoms with Gasteiger partial charge in [0.25, 0.3) is 0 Å². The number of nitrogens with two attached hydrogens (primary N) is 1. The minimum absolute atomic E-state index is 0.0108. The number of aromatic nitrogens is 2. The van der Waals surface area contributed by atoms with Crippen LogP contribution in [0.25, 0.3) is 22.7 Å². The highest BCUT2D eigenvalue weighted by Crippen LogP contribution is 2.26. The molecule has 132 valence electrons. The molecule has 3 rings (SSSR count). The van der Waals surface area contributed by atoms with Crippen LogP contribution in [0.2, 0.25) is 0 Å². The molecule has 3 aromatic rings. The summed E-state index contributed by atoms with van der Waals surface area (Å²) in [6.45, 7) is 3.46. The van der Waals surface area contributed by atoms with Crippen molar-refractivity contribution in [2.75, 3.05) is 6.61 Å². The maximum Gasteiger partial charge on any atom is 0.246 e. The van der Waals surface area contributed by atoms with Crippen LogP contribution in [0.4, 0.5) is 4.39 Å². The van der Waals surface area contributed by atoms with Gasteiger partial charge in [0.1, 0.15) is 29.7 Å². The lowest BCUT2D eigenvalue weighted by atomic mass is 10.1. The molecule has 1 aromatic carbocycles. The Labute approximate surface area is 146 Å². The summed E-state index contributed by atoms with van der Waals surface area (Å²) in [5.41, 5.74) is 8.87. The minimum Gasteiger partial charge on any atom is -0.490 e. The zero-order chi connectivity index (χ0) is 17.8. The van der Waals surface area contributed by atoms with Crippen molar-refractivity contribution in [3.63, 3.8) is 0 Å².